The second-order valence-electron chi connectivity index (χ2n) is 10.1. The summed E-state index contributed by atoms with van der Waals surface area (Å²) in [4.78, 5) is 17.4. The molecule has 37 heavy (non-hydrogen) atoms. The highest BCUT2D eigenvalue weighted by Crippen LogP contribution is 2.42. The van der Waals surface area contributed by atoms with Crippen molar-refractivity contribution in [2.75, 3.05) is 19.6 Å². The second-order valence-corrected chi connectivity index (χ2v) is 10.1. The van der Waals surface area contributed by atoms with Crippen LogP contribution in [0.25, 0.3) is 22.8 Å². The minimum Gasteiger partial charge on any atom is -0.481 e. The summed E-state index contributed by atoms with van der Waals surface area (Å²) in [5.74, 6) is -0.153. The van der Waals surface area contributed by atoms with E-state index in [0.717, 1.165) is 63.2 Å². The highest BCUT2D eigenvalue weighted by molar-refractivity contribution is 5.67. The van der Waals surface area contributed by atoms with E-state index in [2.05, 4.69) is 15.0 Å². The molecule has 1 aliphatic carbocycles. The lowest BCUT2D eigenvalue weighted by Crippen LogP contribution is -2.23. The summed E-state index contributed by atoms with van der Waals surface area (Å²) >= 11 is 0. The first-order chi connectivity index (χ1) is 17.8. The molecule has 0 bridgehead atoms. The van der Waals surface area contributed by atoms with Gasteiger partial charge in [0.2, 0.25) is 5.82 Å². The van der Waals surface area contributed by atoms with Crippen LogP contribution in [0.4, 0.5) is 13.2 Å². The van der Waals surface area contributed by atoms with Gasteiger partial charge >= 0.3 is 12.1 Å². The number of aliphatic carboxylic acids is 1. The van der Waals surface area contributed by atoms with E-state index in [1.807, 2.05) is 24.3 Å². The maximum atomic E-state index is 13.9. The van der Waals surface area contributed by atoms with Crippen LogP contribution in [0.3, 0.4) is 0 Å². The van der Waals surface area contributed by atoms with E-state index < -0.39 is 17.7 Å². The average molecular weight is 514 g/mol. The minimum atomic E-state index is -4.45. The number of hydrogen-bond donors (Lipinski definition) is 1. The van der Waals surface area contributed by atoms with E-state index in [1.165, 1.54) is 0 Å². The van der Waals surface area contributed by atoms with Crippen LogP contribution in [0.15, 0.2) is 47.0 Å². The summed E-state index contributed by atoms with van der Waals surface area (Å²) in [6.45, 7) is 2.23. The van der Waals surface area contributed by atoms with Crippen molar-refractivity contribution in [2.24, 2.45) is 0 Å². The Morgan fingerprint density at radius 1 is 1.00 bits per heavy atom. The predicted octanol–water partition coefficient (Wildman–Crippen LogP) is 6.73. The van der Waals surface area contributed by atoms with Gasteiger partial charge in [-0.1, -0.05) is 48.7 Å². The summed E-state index contributed by atoms with van der Waals surface area (Å²) in [5, 5.41) is 12.9. The molecule has 1 aliphatic heterocycles. The van der Waals surface area contributed by atoms with Crippen molar-refractivity contribution in [2.45, 2.75) is 63.0 Å². The molecule has 6 nitrogen and oxygen atoms in total. The molecule has 196 valence electrons. The van der Waals surface area contributed by atoms with Crippen molar-refractivity contribution < 1.29 is 27.6 Å². The van der Waals surface area contributed by atoms with Crippen molar-refractivity contribution in [1.29, 1.82) is 0 Å². The van der Waals surface area contributed by atoms with Crippen molar-refractivity contribution in [3.8, 4) is 22.8 Å². The molecule has 1 N–H and O–H groups in total. The quantitative estimate of drug-likeness (QED) is 0.377. The van der Waals surface area contributed by atoms with Crippen LogP contribution in [-0.2, 0) is 11.0 Å². The molecule has 2 aliphatic rings. The zero-order chi connectivity index (χ0) is 26.0. The van der Waals surface area contributed by atoms with Crippen LogP contribution in [0.2, 0.25) is 0 Å². The third kappa shape index (κ3) is 5.87. The van der Waals surface area contributed by atoms with E-state index in [1.54, 1.807) is 12.1 Å². The lowest BCUT2D eigenvalue weighted by Gasteiger charge is -2.25. The third-order valence-corrected chi connectivity index (χ3v) is 7.63. The number of carboxylic acid groups (broad SMARTS) is 1. The van der Waals surface area contributed by atoms with Crippen LogP contribution in [-0.4, -0.2) is 45.8 Å². The molecular formula is C28H30F3N3O3. The number of halogens is 3. The number of aromatic nitrogens is 2. The van der Waals surface area contributed by atoms with E-state index in [-0.39, 0.29) is 29.6 Å². The number of benzene rings is 2. The van der Waals surface area contributed by atoms with Gasteiger partial charge in [-0.05, 0) is 67.0 Å². The van der Waals surface area contributed by atoms with Gasteiger partial charge in [0.25, 0.3) is 5.89 Å². The van der Waals surface area contributed by atoms with E-state index in [4.69, 9.17) is 9.63 Å². The fourth-order valence-corrected chi connectivity index (χ4v) is 5.63. The van der Waals surface area contributed by atoms with Gasteiger partial charge in [0, 0.05) is 24.2 Å². The van der Waals surface area contributed by atoms with Gasteiger partial charge in [0.05, 0.1) is 12.0 Å². The van der Waals surface area contributed by atoms with Crippen LogP contribution < -0.4 is 0 Å². The predicted molar refractivity (Wildman–Crippen MR) is 132 cm³/mol. The number of nitrogens with zero attached hydrogens (tertiary/aromatic N) is 3. The van der Waals surface area contributed by atoms with Gasteiger partial charge < -0.3 is 14.5 Å². The molecule has 3 aromatic rings. The Hall–Kier alpha value is -3.20. The Bertz CT molecular complexity index is 1230. The minimum absolute atomic E-state index is 0.0668. The number of hydrogen-bond acceptors (Lipinski definition) is 5. The SMILES string of the molecule is O=C(O)CCN1CCC(c2ccc(-c3nc(-c4ccc(C5CCCCC5)c(C(F)(F)F)c4)no3)cc2)C1. The Labute approximate surface area is 213 Å². The van der Waals surface area contributed by atoms with Crippen LogP contribution in [0.1, 0.15) is 73.5 Å². The molecule has 1 saturated heterocycles. The summed E-state index contributed by atoms with van der Waals surface area (Å²) in [7, 11) is 0. The number of alkyl halides is 3. The fourth-order valence-electron chi connectivity index (χ4n) is 5.63. The molecule has 1 unspecified atom stereocenters. The average Bonchev–Trinajstić information content (AvgIpc) is 3.58. The van der Waals surface area contributed by atoms with E-state index in [9.17, 15) is 18.0 Å². The first-order valence-corrected chi connectivity index (χ1v) is 12.9. The molecule has 9 heteroatoms. The van der Waals surface area contributed by atoms with Gasteiger partial charge in [-0.25, -0.2) is 0 Å². The van der Waals surface area contributed by atoms with Gasteiger partial charge in [-0.15, -0.1) is 0 Å². The summed E-state index contributed by atoms with van der Waals surface area (Å²) in [6.07, 6.45) is 1.21. The number of carbonyl (C=O) groups is 1. The maximum absolute atomic E-state index is 13.9. The number of carboxylic acids is 1. The van der Waals surface area contributed by atoms with Crippen LogP contribution in [0.5, 0.6) is 0 Å². The van der Waals surface area contributed by atoms with Crippen molar-refractivity contribution >= 4 is 5.97 Å². The largest absolute Gasteiger partial charge is 0.481 e. The number of likely N-dealkylation sites (tertiary alicyclic amines) is 1. The highest BCUT2D eigenvalue weighted by Gasteiger charge is 2.36. The molecule has 0 radical (unpaired) electrons. The Morgan fingerprint density at radius 2 is 1.73 bits per heavy atom. The topological polar surface area (TPSA) is 79.5 Å². The Balaban J connectivity index is 1.31. The molecule has 0 amide bonds. The smallest absolute Gasteiger partial charge is 0.416 e. The number of rotatable bonds is 7. The monoisotopic (exact) mass is 513 g/mol. The second kappa shape index (κ2) is 10.7. The molecule has 2 fully saturated rings. The van der Waals surface area contributed by atoms with Gasteiger partial charge in [-0.3, -0.25) is 4.79 Å². The maximum Gasteiger partial charge on any atom is 0.416 e. The Morgan fingerprint density at radius 3 is 2.43 bits per heavy atom. The summed E-state index contributed by atoms with van der Waals surface area (Å²) in [5.41, 5.74) is 1.88. The van der Waals surface area contributed by atoms with Crippen molar-refractivity contribution in [3.63, 3.8) is 0 Å². The van der Waals surface area contributed by atoms with E-state index in [0.29, 0.717) is 23.6 Å². The molecule has 5 rings (SSSR count). The van der Waals surface area contributed by atoms with Gasteiger partial charge in [-0.2, -0.15) is 18.2 Å². The lowest BCUT2D eigenvalue weighted by molar-refractivity contribution is -0.139. The van der Waals surface area contributed by atoms with Gasteiger partial charge in [0.15, 0.2) is 0 Å². The van der Waals surface area contributed by atoms with Crippen molar-refractivity contribution in [3.05, 3.63) is 59.2 Å². The molecule has 1 aromatic heterocycles. The van der Waals surface area contributed by atoms with Crippen molar-refractivity contribution in [1.82, 2.24) is 15.0 Å². The van der Waals surface area contributed by atoms with Gasteiger partial charge in [0.1, 0.15) is 0 Å². The Kier molecular flexibility index (Phi) is 7.33. The summed E-state index contributed by atoms with van der Waals surface area (Å²) in [6, 6.07) is 12.1. The lowest BCUT2D eigenvalue weighted by atomic mass is 9.81. The summed E-state index contributed by atoms with van der Waals surface area (Å²) < 4.78 is 47.2. The normalized spacial score (nSPS) is 19.4. The molecule has 0 spiro atoms. The molecule has 1 atom stereocenters. The van der Waals surface area contributed by atoms with Crippen LogP contribution >= 0.6 is 0 Å². The zero-order valence-electron chi connectivity index (χ0n) is 20.5. The molecule has 1 saturated carbocycles. The van der Waals surface area contributed by atoms with Crippen LogP contribution in [0, 0.1) is 0 Å². The molecule has 2 aromatic carbocycles. The third-order valence-electron chi connectivity index (χ3n) is 7.63. The first-order valence-electron chi connectivity index (χ1n) is 12.9. The first kappa shape index (κ1) is 25.4. The van der Waals surface area contributed by atoms with E-state index >= 15 is 0 Å². The molecular weight excluding hydrogens is 483 g/mol. The highest BCUT2D eigenvalue weighted by atomic mass is 19.4. The zero-order valence-corrected chi connectivity index (χ0v) is 20.5. The standard InChI is InChI=1S/C28H30F3N3O3/c29-28(30,31)24-16-21(10-11-23(24)19-4-2-1-3-5-19)26-32-27(37-33-26)20-8-6-18(7-9-20)22-12-14-34(17-22)15-13-25(35)36/h6-11,16,19,22H,1-5,12-15,17H2,(H,35,36). The fraction of sp³-hybridized carbons (Fsp3) is 0.464. The molecule has 2 heterocycles.